The van der Waals surface area contributed by atoms with E-state index >= 15 is 0 Å². The average Bonchev–Trinajstić information content (AvgIpc) is 3.78. The zero-order valence-corrected chi connectivity index (χ0v) is 31.5. The summed E-state index contributed by atoms with van der Waals surface area (Å²) in [5.74, 6) is -1.09. The van der Waals surface area contributed by atoms with Crippen LogP contribution < -0.4 is 27.0 Å². The summed E-state index contributed by atoms with van der Waals surface area (Å²) in [6.07, 6.45) is 15.9. The molecule has 0 fully saturated rings. The van der Waals surface area contributed by atoms with Crippen LogP contribution in [0.5, 0.6) is 0 Å². The third-order valence-electron chi connectivity index (χ3n) is 8.29. The number of anilines is 3. The molecule has 288 valence electrons. The summed E-state index contributed by atoms with van der Waals surface area (Å²) >= 11 is 0. The van der Waals surface area contributed by atoms with Crippen LogP contribution in [-0.4, -0.2) is 74.0 Å². The van der Waals surface area contributed by atoms with Gasteiger partial charge in [0.15, 0.2) is 5.82 Å². The highest BCUT2D eigenvalue weighted by molar-refractivity contribution is 7.47. The molecular formula is C34H54N9O8P. The molecule has 0 aliphatic heterocycles. The Morgan fingerprint density at radius 1 is 0.750 bits per heavy atom. The van der Waals surface area contributed by atoms with Crippen molar-refractivity contribution in [3.8, 4) is 0 Å². The van der Waals surface area contributed by atoms with Crippen molar-refractivity contribution in [3.05, 3.63) is 47.9 Å². The number of unbranched alkanes of at least 4 members (excludes halogenated alkanes) is 9. The third kappa shape index (κ3) is 14.0. The van der Waals surface area contributed by atoms with Gasteiger partial charge in [-0.25, -0.2) is 9.55 Å². The first-order valence-corrected chi connectivity index (χ1v) is 19.1. The molecule has 1 unspecified atom stereocenters. The van der Waals surface area contributed by atoms with Crippen LogP contribution >= 0.6 is 7.82 Å². The van der Waals surface area contributed by atoms with Gasteiger partial charge in [0.25, 0.3) is 17.7 Å². The standard InChI is InChI=1S/C34H54N9O8P/c1-41-22-25(20-27(41)32(45)36-18-13-11-9-7-5-6-8-10-12-14-19-51-52(48,49)50-4)37-33(46)28-21-26(23-42(28)2)38-34(47)31-40-29(24-43(31)3)39-30(44)16-15-17-35/h20-24H,5-19,35H2,1-4H3,(H,36,45)(H,37,46)(H,38,47)(H,39,44)(H,48,49). The lowest BCUT2D eigenvalue weighted by molar-refractivity contribution is -0.116. The number of carbonyl (C=O) groups is 4. The zero-order chi connectivity index (χ0) is 38.1. The SMILES string of the molecule is COP(=O)(O)OCCCCCCCCCCCCNC(=O)c1cc(NC(=O)c2cc(NC(=O)c3nc(NC(=O)CCCN)cn3C)cn2C)cn1C. The summed E-state index contributed by atoms with van der Waals surface area (Å²) in [6.45, 7) is 1.17. The van der Waals surface area contributed by atoms with Crippen molar-refractivity contribution < 1.29 is 37.7 Å². The maximum Gasteiger partial charge on any atom is 0.471 e. The summed E-state index contributed by atoms with van der Waals surface area (Å²) < 4.78 is 25.1. The fraction of sp³-hybridized carbons (Fsp3) is 0.559. The fourth-order valence-corrected chi connectivity index (χ4v) is 5.94. The van der Waals surface area contributed by atoms with E-state index in [9.17, 15) is 28.6 Å². The maximum atomic E-state index is 13.1. The lowest BCUT2D eigenvalue weighted by Crippen LogP contribution is -2.26. The summed E-state index contributed by atoms with van der Waals surface area (Å²) in [7, 11) is 2.33. The number of amides is 4. The number of aryl methyl sites for hydroxylation is 3. The van der Waals surface area contributed by atoms with Gasteiger partial charge in [0.05, 0.1) is 18.0 Å². The van der Waals surface area contributed by atoms with E-state index in [2.05, 4.69) is 30.8 Å². The molecule has 0 saturated heterocycles. The van der Waals surface area contributed by atoms with Crippen LogP contribution in [-0.2, 0) is 39.6 Å². The van der Waals surface area contributed by atoms with Gasteiger partial charge < -0.3 is 45.6 Å². The van der Waals surface area contributed by atoms with Crippen LogP contribution in [0.3, 0.4) is 0 Å². The molecule has 0 aliphatic carbocycles. The zero-order valence-electron chi connectivity index (χ0n) is 30.6. The Morgan fingerprint density at radius 3 is 1.87 bits per heavy atom. The van der Waals surface area contributed by atoms with Crippen molar-refractivity contribution in [2.75, 3.05) is 42.8 Å². The van der Waals surface area contributed by atoms with Crippen molar-refractivity contribution in [2.45, 2.75) is 77.0 Å². The summed E-state index contributed by atoms with van der Waals surface area (Å²) in [5.41, 5.74) is 6.97. The molecule has 0 saturated carbocycles. The molecule has 7 N–H and O–H groups in total. The molecule has 0 bridgehead atoms. The number of phosphoric ester groups is 1. The number of nitrogens with two attached hydrogens (primary N) is 1. The van der Waals surface area contributed by atoms with Crippen LogP contribution in [0, 0.1) is 0 Å². The number of phosphoric acid groups is 1. The van der Waals surface area contributed by atoms with E-state index in [1.54, 1.807) is 48.7 Å². The minimum Gasteiger partial charge on any atom is -0.351 e. The molecule has 3 heterocycles. The van der Waals surface area contributed by atoms with Crippen molar-refractivity contribution in [1.82, 2.24) is 24.0 Å². The second kappa shape index (κ2) is 21.3. The van der Waals surface area contributed by atoms with E-state index in [1.807, 2.05) is 0 Å². The Morgan fingerprint density at radius 2 is 1.29 bits per heavy atom. The number of hydrogen-bond acceptors (Lipinski definition) is 9. The minimum atomic E-state index is -3.87. The number of aromatic nitrogens is 4. The van der Waals surface area contributed by atoms with E-state index in [0.29, 0.717) is 36.6 Å². The number of nitrogens with zero attached hydrogens (tertiary/aromatic N) is 4. The molecule has 0 spiro atoms. The number of nitrogens with one attached hydrogen (secondary N) is 4. The van der Waals surface area contributed by atoms with Crippen LogP contribution in [0.15, 0.2) is 30.7 Å². The van der Waals surface area contributed by atoms with Gasteiger partial charge in [-0.1, -0.05) is 51.4 Å². The Bertz CT molecular complexity index is 1680. The average molecular weight is 748 g/mol. The molecule has 17 nitrogen and oxygen atoms in total. The van der Waals surface area contributed by atoms with Gasteiger partial charge >= 0.3 is 7.82 Å². The first kappa shape index (κ1) is 42.1. The predicted octanol–water partition coefficient (Wildman–Crippen LogP) is 4.67. The van der Waals surface area contributed by atoms with Crippen molar-refractivity contribution in [1.29, 1.82) is 0 Å². The van der Waals surface area contributed by atoms with E-state index < -0.39 is 19.6 Å². The predicted molar refractivity (Wildman–Crippen MR) is 198 cm³/mol. The van der Waals surface area contributed by atoms with E-state index in [1.165, 1.54) is 16.8 Å². The van der Waals surface area contributed by atoms with Gasteiger partial charge in [-0.3, -0.25) is 28.2 Å². The highest BCUT2D eigenvalue weighted by Gasteiger charge is 2.20. The van der Waals surface area contributed by atoms with E-state index in [4.69, 9.17) is 10.3 Å². The quantitative estimate of drug-likeness (QED) is 0.0548. The molecule has 52 heavy (non-hydrogen) atoms. The van der Waals surface area contributed by atoms with Crippen LogP contribution in [0.2, 0.25) is 0 Å². The van der Waals surface area contributed by atoms with Crippen molar-refractivity contribution >= 4 is 48.6 Å². The minimum absolute atomic E-state index is 0.0742. The number of hydrogen-bond donors (Lipinski definition) is 6. The number of imidazole rings is 1. The maximum absolute atomic E-state index is 13.1. The van der Waals surface area contributed by atoms with Crippen LogP contribution in [0.25, 0.3) is 0 Å². The first-order chi connectivity index (χ1) is 24.8. The van der Waals surface area contributed by atoms with Gasteiger partial charge in [-0.15, -0.1) is 0 Å². The Kier molecular flexibility index (Phi) is 17.3. The van der Waals surface area contributed by atoms with Crippen molar-refractivity contribution in [2.24, 2.45) is 26.9 Å². The fourth-order valence-electron chi connectivity index (χ4n) is 5.47. The molecule has 18 heteroatoms. The number of rotatable bonds is 24. The largest absolute Gasteiger partial charge is 0.471 e. The van der Waals surface area contributed by atoms with Gasteiger partial charge in [0.1, 0.15) is 11.4 Å². The Hall–Kier alpha value is -4.28. The smallest absolute Gasteiger partial charge is 0.351 e. The molecule has 0 radical (unpaired) electrons. The molecule has 1 atom stereocenters. The second-order valence-electron chi connectivity index (χ2n) is 12.6. The van der Waals surface area contributed by atoms with Gasteiger partial charge in [0, 0.05) is 59.8 Å². The monoisotopic (exact) mass is 747 g/mol. The van der Waals surface area contributed by atoms with E-state index in [-0.39, 0.29) is 42.2 Å². The molecule has 4 amide bonds. The Balaban J connectivity index is 1.35. The summed E-state index contributed by atoms with van der Waals surface area (Å²) in [5, 5.41) is 11.2. The van der Waals surface area contributed by atoms with Crippen LogP contribution in [0.1, 0.15) is 109 Å². The second-order valence-corrected chi connectivity index (χ2v) is 14.2. The van der Waals surface area contributed by atoms with Gasteiger partial charge in [0.2, 0.25) is 11.7 Å². The Labute approximate surface area is 304 Å². The highest BCUT2D eigenvalue weighted by Crippen LogP contribution is 2.42. The topological polar surface area (TPSA) is 226 Å². The molecule has 3 rings (SSSR count). The third-order valence-corrected chi connectivity index (χ3v) is 9.26. The van der Waals surface area contributed by atoms with Crippen molar-refractivity contribution in [3.63, 3.8) is 0 Å². The molecule has 0 aromatic carbocycles. The lowest BCUT2D eigenvalue weighted by Gasteiger charge is -2.08. The first-order valence-electron chi connectivity index (χ1n) is 17.6. The van der Waals surface area contributed by atoms with Crippen LogP contribution in [0.4, 0.5) is 17.2 Å². The highest BCUT2D eigenvalue weighted by atomic mass is 31.2. The molecule has 3 aromatic rings. The normalized spacial score (nSPS) is 12.3. The molecule has 3 aromatic heterocycles. The summed E-state index contributed by atoms with van der Waals surface area (Å²) in [6, 6.07) is 3.15. The van der Waals surface area contributed by atoms with Gasteiger partial charge in [-0.05, 0) is 37.9 Å². The lowest BCUT2D eigenvalue weighted by atomic mass is 10.1. The van der Waals surface area contributed by atoms with Gasteiger partial charge in [-0.2, -0.15) is 0 Å². The van der Waals surface area contributed by atoms with E-state index in [0.717, 1.165) is 71.3 Å². The summed E-state index contributed by atoms with van der Waals surface area (Å²) in [4.78, 5) is 64.3. The number of carbonyl (C=O) groups excluding carboxylic acids is 4. The molecular weight excluding hydrogens is 693 g/mol. The molecule has 0 aliphatic rings.